The highest BCUT2D eigenvalue weighted by Crippen LogP contribution is 2.40. The standard InChI is InChI=1S/C54H54N2/c1-38-33-40(14-13-39-15-17-43(18-16-39)51-28-27-48(37-56-51)53(2,3)4)35-46(34-38)50-12-8-7-11-49(50)42-19-21-44(22-20-42)52-36-45(29-32-55-52)41-23-25-47(26-24-41)54(5)30-9-6-10-31-54/h7-8,11-12,15-29,32-37H,6,9-10,13-14,30-31H2,1-5H3. The summed E-state index contributed by atoms with van der Waals surface area (Å²) in [5, 5.41) is 0. The van der Waals surface area contributed by atoms with E-state index in [0.717, 1.165) is 35.4 Å². The summed E-state index contributed by atoms with van der Waals surface area (Å²) in [5.41, 5.74) is 18.8. The molecule has 0 unspecified atom stereocenters. The Morgan fingerprint density at radius 1 is 0.518 bits per heavy atom. The fourth-order valence-electron chi connectivity index (χ4n) is 8.56. The Labute approximate surface area is 334 Å². The molecular formula is C54H54N2. The summed E-state index contributed by atoms with van der Waals surface area (Å²) in [5.74, 6) is 0. The molecule has 2 heteroatoms. The molecule has 0 amide bonds. The summed E-state index contributed by atoms with van der Waals surface area (Å²) < 4.78 is 0. The number of nitrogens with zero attached hydrogens (tertiary/aromatic N) is 2. The second-order valence-corrected chi connectivity index (χ2v) is 17.3. The van der Waals surface area contributed by atoms with E-state index in [1.807, 2.05) is 12.4 Å². The van der Waals surface area contributed by atoms with Crippen molar-refractivity contribution in [2.75, 3.05) is 0 Å². The molecule has 280 valence electrons. The molecule has 56 heavy (non-hydrogen) atoms. The maximum Gasteiger partial charge on any atom is 0.0708 e. The van der Waals surface area contributed by atoms with Crippen LogP contribution in [0.5, 0.6) is 0 Å². The SMILES string of the molecule is Cc1cc(CCc2ccc(-c3ccc(C(C)(C)C)cn3)cc2)cc(-c2ccccc2-c2ccc(-c3cc(-c4ccc(C5(C)CCCCC5)cc4)ccn3)cc2)c1. The van der Waals surface area contributed by atoms with E-state index in [2.05, 4.69) is 174 Å². The Kier molecular flexibility index (Phi) is 10.6. The number of hydrogen-bond donors (Lipinski definition) is 0. The molecule has 0 atom stereocenters. The molecule has 0 bridgehead atoms. The summed E-state index contributed by atoms with van der Waals surface area (Å²) >= 11 is 0. The molecule has 8 rings (SSSR count). The lowest BCUT2D eigenvalue weighted by Crippen LogP contribution is -2.24. The molecule has 1 aliphatic rings. The van der Waals surface area contributed by atoms with E-state index >= 15 is 0 Å². The van der Waals surface area contributed by atoms with Crippen molar-refractivity contribution in [3.8, 4) is 55.9 Å². The minimum atomic E-state index is 0.103. The monoisotopic (exact) mass is 730 g/mol. The van der Waals surface area contributed by atoms with Crippen LogP contribution in [0, 0.1) is 6.92 Å². The second kappa shape index (κ2) is 15.9. The lowest BCUT2D eigenvalue weighted by atomic mass is 9.71. The van der Waals surface area contributed by atoms with Crippen molar-refractivity contribution in [3.63, 3.8) is 0 Å². The van der Waals surface area contributed by atoms with Gasteiger partial charge in [-0.25, -0.2) is 0 Å². The van der Waals surface area contributed by atoms with E-state index in [1.165, 1.54) is 93.3 Å². The van der Waals surface area contributed by atoms with Gasteiger partial charge in [-0.1, -0.05) is 174 Å². The van der Waals surface area contributed by atoms with Gasteiger partial charge in [0.15, 0.2) is 0 Å². The minimum absolute atomic E-state index is 0.103. The molecule has 0 saturated heterocycles. The van der Waals surface area contributed by atoms with E-state index in [9.17, 15) is 0 Å². The van der Waals surface area contributed by atoms with Gasteiger partial charge in [-0.2, -0.15) is 0 Å². The van der Waals surface area contributed by atoms with Gasteiger partial charge in [0.2, 0.25) is 0 Å². The molecule has 5 aromatic carbocycles. The van der Waals surface area contributed by atoms with Crippen LogP contribution in [0.2, 0.25) is 0 Å². The molecule has 2 heterocycles. The van der Waals surface area contributed by atoms with Gasteiger partial charge in [-0.3, -0.25) is 9.97 Å². The van der Waals surface area contributed by atoms with Crippen molar-refractivity contribution in [1.29, 1.82) is 0 Å². The number of hydrogen-bond acceptors (Lipinski definition) is 2. The van der Waals surface area contributed by atoms with Crippen LogP contribution in [0.3, 0.4) is 0 Å². The van der Waals surface area contributed by atoms with Gasteiger partial charge in [0.25, 0.3) is 0 Å². The number of aryl methyl sites for hydroxylation is 3. The minimum Gasteiger partial charge on any atom is -0.256 e. The van der Waals surface area contributed by atoms with Crippen LogP contribution in [0.25, 0.3) is 55.9 Å². The summed E-state index contributed by atoms with van der Waals surface area (Å²) in [6.07, 6.45) is 12.6. The summed E-state index contributed by atoms with van der Waals surface area (Å²) in [6.45, 7) is 11.3. The van der Waals surface area contributed by atoms with Crippen LogP contribution >= 0.6 is 0 Å². The maximum absolute atomic E-state index is 4.79. The third kappa shape index (κ3) is 8.31. The zero-order valence-electron chi connectivity index (χ0n) is 33.8. The van der Waals surface area contributed by atoms with Crippen LogP contribution in [0.1, 0.15) is 87.6 Å². The van der Waals surface area contributed by atoms with Gasteiger partial charge >= 0.3 is 0 Å². The molecule has 0 spiro atoms. The molecule has 1 saturated carbocycles. The number of rotatable bonds is 9. The average Bonchev–Trinajstić information content (AvgIpc) is 3.23. The third-order valence-corrected chi connectivity index (χ3v) is 12.1. The van der Waals surface area contributed by atoms with Crippen molar-refractivity contribution in [3.05, 3.63) is 180 Å². The lowest BCUT2D eigenvalue weighted by Gasteiger charge is -2.34. The highest BCUT2D eigenvalue weighted by atomic mass is 14.7. The first kappa shape index (κ1) is 37.3. The Morgan fingerprint density at radius 3 is 1.82 bits per heavy atom. The van der Waals surface area contributed by atoms with Crippen molar-refractivity contribution < 1.29 is 0 Å². The van der Waals surface area contributed by atoms with Crippen LogP contribution < -0.4 is 0 Å². The Hall–Kier alpha value is -5.60. The fourth-order valence-corrected chi connectivity index (χ4v) is 8.56. The van der Waals surface area contributed by atoms with Crippen molar-refractivity contribution in [2.45, 2.75) is 90.4 Å². The Morgan fingerprint density at radius 2 is 1.14 bits per heavy atom. The van der Waals surface area contributed by atoms with E-state index in [1.54, 1.807) is 0 Å². The van der Waals surface area contributed by atoms with Crippen molar-refractivity contribution in [2.24, 2.45) is 0 Å². The number of aromatic nitrogens is 2. The molecule has 7 aromatic rings. The van der Waals surface area contributed by atoms with E-state index < -0.39 is 0 Å². The van der Waals surface area contributed by atoms with Gasteiger partial charge in [0, 0.05) is 23.5 Å². The number of pyridine rings is 2. The van der Waals surface area contributed by atoms with E-state index in [4.69, 9.17) is 9.97 Å². The molecule has 1 fully saturated rings. The third-order valence-electron chi connectivity index (χ3n) is 12.1. The molecule has 0 N–H and O–H groups in total. The second-order valence-electron chi connectivity index (χ2n) is 17.3. The molecular weight excluding hydrogens is 677 g/mol. The Balaban J connectivity index is 0.967. The number of benzene rings is 5. The van der Waals surface area contributed by atoms with Gasteiger partial charge in [0.05, 0.1) is 11.4 Å². The van der Waals surface area contributed by atoms with Crippen LogP contribution in [0.4, 0.5) is 0 Å². The molecule has 1 aliphatic carbocycles. The zero-order valence-corrected chi connectivity index (χ0v) is 33.8. The van der Waals surface area contributed by atoms with E-state index in [0.29, 0.717) is 5.41 Å². The fraction of sp³-hybridized carbons (Fsp3) is 0.259. The molecule has 0 aliphatic heterocycles. The molecule has 2 aromatic heterocycles. The normalized spacial score (nSPS) is 14.1. The lowest BCUT2D eigenvalue weighted by molar-refractivity contribution is 0.319. The van der Waals surface area contributed by atoms with Crippen LogP contribution in [-0.2, 0) is 23.7 Å². The van der Waals surface area contributed by atoms with E-state index in [-0.39, 0.29) is 5.41 Å². The zero-order chi connectivity index (χ0) is 38.7. The van der Waals surface area contributed by atoms with Gasteiger partial charge in [0.1, 0.15) is 0 Å². The van der Waals surface area contributed by atoms with Gasteiger partial charge < -0.3 is 0 Å². The first-order valence-electron chi connectivity index (χ1n) is 20.6. The van der Waals surface area contributed by atoms with Gasteiger partial charge in [-0.15, -0.1) is 0 Å². The highest BCUT2D eigenvalue weighted by Gasteiger charge is 2.28. The summed E-state index contributed by atoms with van der Waals surface area (Å²) in [6, 6.07) is 51.7. The molecule has 2 nitrogen and oxygen atoms in total. The highest BCUT2D eigenvalue weighted by molar-refractivity contribution is 5.85. The van der Waals surface area contributed by atoms with Crippen LogP contribution in [0.15, 0.2) is 152 Å². The first-order chi connectivity index (χ1) is 27.1. The average molecular weight is 731 g/mol. The van der Waals surface area contributed by atoms with Gasteiger partial charge in [-0.05, 0) is 117 Å². The van der Waals surface area contributed by atoms with Crippen molar-refractivity contribution >= 4 is 0 Å². The maximum atomic E-state index is 4.79. The summed E-state index contributed by atoms with van der Waals surface area (Å²) in [7, 11) is 0. The largest absolute Gasteiger partial charge is 0.256 e. The quantitative estimate of drug-likeness (QED) is 0.148. The Bertz CT molecular complexity index is 2410. The first-order valence-corrected chi connectivity index (χ1v) is 20.6. The molecule has 0 radical (unpaired) electrons. The smallest absolute Gasteiger partial charge is 0.0708 e. The predicted octanol–water partition coefficient (Wildman–Crippen LogP) is 14.4. The summed E-state index contributed by atoms with van der Waals surface area (Å²) in [4.78, 5) is 9.55. The van der Waals surface area contributed by atoms with Crippen molar-refractivity contribution in [1.82, 2.24) is 9.97 Å². The predicted molar refractivity (Wildman–Crippen MR) is 237 cm³/mol. The topological polar surface area (TPSA) is 25.8 Å². The van der Waals surface area contributed by atoms with Crippen LogP contribution in [-0.4, -0.2) is 9.97 Å².